The van der Waals surface area contributed by atoms with Crippen LogP contribution in [0.2, 0.25) is 0 Å². The van der Waals surface area contributed by atoms with E-state index in [2.05, 4.69) is 20.9 Å². The number of carboxylic acid groups (broad SMARTS) is 1. The van der Waals surface area contributed by atoms with Crippen molar-refractivity contribution in [2.45, 2.75) is 70.3 Å². The van der Waals surface area contributed by atoms with Crippen molar-refractivity contribution in [1.82, 2.24) is 20.9 Å². The average Bonchev–Trinajstić information content (AvgIpc) is 3.27. The molecule has 10 N–H and O–H groups in total. The molecule has 0 bridgehead atoms. The van der Waals surface area contributed by atoms with Crippen LogP contribution in [0.3, 0.4) is 0 Å². The number of amides is 4. The summed E-state index contributed by atoms with van der Waals surface area (Å²) in [5.41, 5.74) is 12.3. The summed E-state index contributed by atoms with van der Waals surface area (Å²) < 4.78 is 0. The zero-order valence-corrected chi connectivity index (χ0v) is 21.6. The maximum Gasteiger partial charge on any atom is 0.326 e. The number of aromatic amines is 1. The molecule has 2 aromatic rings. The van der Waals surface area contributed by atoms with Gasteiger partial charge in [-0.3, -0.25) is 19.2 Å². The van der Waals surface area contributed by atoms with Gasteiger partial charge in [-0.05, 0) is 24.5 Å². The van der Waals surface area contributed by atoms with E-state index in [-0.39, 0.29) is 12.3 Å². The number of para-hydroxylation sites is 1. The van der Waals surface area contributed by atoms with E-state index in [0.717, 1.165) is 10.9 Å². The molecule has 0 fully saturated rings. The van der Waals surface area contributed by atoms with Gasteiger partial charge in [-0.2, -0.15) is 0 Å². The number of H-pyrrole nitrogens is 1. The Hall–Kier alpha value is -3.97. The fourth-order valence-corrected chi connectivity index (χ4v) is 3.84. The molecule has 1 aromatic heterocycles. The highest BCUT2D eigenvalue weighted by molar-refractivity contribution is 5.95. The number of fused-ring (bicyclic) bond motifs is 1. The Morgan fingerprint density at radius 2 is 1.61 bits per heavy atom. The standard InChI is InChI=1S/C25H36N6O7/c1-4-12(2)21(31-23(35)20(27)13(3)32)24(36)29-17(22(34)30-18(25(37)38)10-19(26)33)9-14-11-28-16-8-6-5-7-15(14)16/h5-8,11-13,17-18,20-21,28,32H,4,9-10,27H2,1-3H3,(H2,26,33)(H,29,36)(H,30,34)(H,31,35)(H,37,38). The number of carbonyl (C=O) groups is 5. The van der Waals surface area contributed by atoms with Gasteiger partial charge in [0.15, 0.2) is 0 Å². The minimum Gasteiger partial charge on any atom is -0.480 e. The lowest BCUT2D eigenvalue weighted by Crippen LogP contribution is -2.60. The second kappa shape index (κ2) is 13.5. The van der Waals surface area contributed by atoms with Gasteiger partial charge in [-0.15, -0.1) is 0 Å². The molecule has 0 saturated heterocycles. The summed E-state index contributed by atoms with van der Waals surface area (Å²) in [6.45, 7) is 4.87. The first kappa shape index (κ1) is 30.3. The van der Waals surface area contributed by atoms with Crippen molar-refractivity contribution in [2.75, 3.05) is 0 Å². The predicted molar refractivity (Wildman–Crippen MR) is 138 cm³/mol. The van der Waals surface area contributed by atoms with Crippen molar-refractivity contribution in [1.29, 1.82) is 0 Å². The van der Waals surface area contributed by atoms with Gasteiger partial charge < -0.3 is 42.6 Å². The first-order chi connectivity index (χ1) is 17.8. The maximum absolute atomic E-state index is 13.4. The van der Waals surface area contributed by atoms with Crippen LogP contribution in [-0.4, -0.2) is 75.1 Å². The Morgan fingerprint density at radius 3 is 2.18 bits per heavy atom. The van der Waals surface area contributed by atoms with Crippen LogP contribution in [0.15, 0.2) is 30.5 Å². The van der Waals surface area contributed by atoms with E-state index in [1.165, 1.54) is 6.92 Å². The number of nitrogens with two attached hydrogens (primary N) is 2. The van der Waals surface area contributed by atoms with Crippen LogP contribution in [0.1, 0.15) is 39.2 Å². The number of benzene rings is 1. The molecule has 13 heteroatoms. The van der Waals surface area contributed by atoms with Gasteiger partial charge in [0.2, 0.25) is 23.6 Å². The summed E-state index contributed by atoms with van der Waals surface area (Å²) in [5, 5.41) is 27.3. The van der Waals surface area contributed by atoms with Crippen molar-refractivity contribution >= 4 is 40.5 Å². The zero-order chi connectivity index (χ0) is 28.6. The van der Waals surface area contributed by atoms with Crippen LogP contribution in [0, 0.1) is 5.92 Å². The molecule has 6 unspecified atom stereocenters. The lowest BCUT2D eigenvalue weighted by atomic mass is 9.96. The first-order valence-corrected chi connectivity index (χ1v) is 12.3. The van der Waals surface area contributed by atoms with Crippen LogP contribution in [-0.2, 0) is 30.4 Å². The van der Waals surface area contributed by atoms with E-state index in [0.29, 0.717) is 12.0 Å². The fourth-order valence-electron chi connectivity index (χ4n) is 3.84. The molecule has 6 atom stereocenters. The summed E-state index contributed by atoms with van der Waals surface area (Å²) in [5.74, 6) is -5.07. The molecule has 0 saturated carbocycles. The number of hydrogen-bond acceptors (Lipinski definition) is 7. The molecular weight excluding hydrogens is 496 g/mol. The molecular formula is C25H36N6O7. The highest BCUT2D eigenvalue weighted by Gasteiger charge is 2.33. The van der Waals surface area contributed by atoms with E-state index in [1.807, 2.05) is 25.1 Å². The molecule has 0 radical (unpaired) electrons. The van der Waals surface area contributed by atoms with E-state index >= 15 is 0 Å². The molecule has 2 rings (SSSR count). The van der Waals surface area contributed by atoms with Crippen molar-refractivity contribution in [3.63, 3.8) is 0 Å². The SMILES string of the molecule is CCC(C)C(NC(=O)C(N)C(C)O)C(=O)NC(Cc1c[nH]c2ccccc12)C(=O)NC(CC(N)=O)C(=O)O. The molecule has 0 aliphatic heterocycles. The lowest BCUT2D eigenvalue weighted by molar-refractivity contribution is -0.143. The molecule has 0 aliphatic rings. The Morgan fingerprint density at radius 1 is 0.974 bits per heavy atom. The predicted octanol–water partition coefficient (Wildman–Crippen LogP) is -1.12. The van der Waals surface area contributed by atoms with Gasteiger partial charge in [-0.25, -0.2) is 4.79 Å². The number of nitrogens with one attached hydrogen (secondary N) is 4. The van der Waals surface area contributed by atoms with Gasteiger partial charge in [0.25, 0.3) is 0 Å². The largest absolute Gasteiger partial charge is 0.480 e. The van der Waals surface area contributed by atoms with E-state index in [9.17, 15) is 34.2 Å². The number of carbonyl (C=O) groups excluding carboxylic acids is 4. The molecule has 38 heavy (non-hydrogen) atoms. The summed E-state index contributed by atoms with van der Waals surface area (Å²) in [4.78, 5) is 65.1. The van der Waals surface area contributed by atoms with Gasteiger partial charge in [-0.1, -0.05) is 38.5 Å². The quantitative estimate of drug-likeness (QED) is 0.148. The highest BCUT2D eigenvalue weighted by atomic mass is 16.4. The molecule has 208 valence electrons. The van der Waals surface area contributed by atoms with Crippen LogP contribution >= 0.6 is 0 Å². The Bertz CT molecular complexity index is 1160. The minimum absolute atomic E-state index is 0.0289. The summed E-state index contributed by atoms with van der Waals surface area (Å²) in [7, 11) is 0. The summed E-state index contributed by atoms with van der Waals surface area (Å²) in [6.07, 6.45) is 0.331. The minimum atomic E-state index is -1.60. The number of aromatic nitrogens is 1. The molecule has 13 nitrogen and oxygen atoms in total. The zero-order valence-electron chi connectivity index (χ0n) is 21.6. The molecule has 0 aliphatic carbocycles. The summed E-state index contributed by atoms with van der Waals surface area (Å²) in [6, 6.07) is 2.04. The van der Waals surface area contributed by atoms with Gasteiger partial charge in [0.05, 0.1) is 12.5 Å². The first-order valence-electron chi connectivity index (χ1n) is 12.3. The third kappa shape index (κ3) is 8.02. The number of aliphatic hydroxyl groups excluding tert-OH is 1. The van der Waals surface area contributed by atoms with Crippen LogP contribution < -0.4 is 27.4 Å². The topological polar surface area (TPSA) is 230 Å². The molecule has 1 aromatic carbocycles. The lowest BCUT2D eigenvalue weighted by Gasteiger charge is -2.28. The second-order valence-corrected chi connectivity index (χ2v) is 9.33. The smallest absolute Gasteiger partial charge is 0.326 e. The number of primary amides is 1. The Labute approximate surface area is 219 Å². The number of rotatable bonds is 14. The van der Waals surface area contributed by atoms with E-state index in [4.69, 9.17) is 11.5 Å². The van der Waals surface area contributed by atoms with E-state index in [1.54, 1.807) is 19.2 Å². The average molecular weight is 533 g/mol. The van der Waals surface area contributed by atoms with Gasteiger partial charge >= 0.3 is 5.97 Å². The molecule has 1 heterocycles. The number of hydrogen-bond donors (Lipinski definition) is 8. The normalized spacial score (nSPS) is 15.9. The van der Waals surface area contributed by atoms with Crippen LogP contribution in [0.5, 0.6) is 0 Å². The van der Waals surface area contributed by atoms with Crippen molar-refractivity contribution in [3.8, 4) is 0 Å². The molecule has 0 spiro atoms. The second-order valence-electron chi connectivity index (χ2n) is 9.33. The van der Waals surface area contributed by atoms with Crippen LogP contribution in [0.4, 0.5) is 0 Å². The van der Waals surface area contributed by atoms with Gasteiger partial charge in [0.1, 0.15) is 24.2 Å². The fraction of sp³-hybridized carbons (Fsp3) is 0.480. The van der Waals surface area contributed by atoms with Gasteiger partial charge in [0, 0.05) is 23.5 Å². The number of aliphatic hydroxyl groups is 1. The van der Waals surface area contributed by atoms with Crippen molar-refractivity contribution < 1.29 is 34.2 Å². The maximum atomic E-state index is 13.4. The summed E-state index contributed by atoms with van der Waals surface area (Å²) >= 11 is 0. The Kier molecular flexibility index (Phi) is 10.8. The monoisotopic (exact) mass is 532 g/mol. The number of aliphatic carboxylic acids is 1. The molecule has 4 amide bonds. The number of carboxylic acids is 1. The highest BCUT2D eigenvalue weighted by Crippen LogP contribution is 2.20. The third-order valence-electron chi connectivity index (χ3n) is 6.37. The van der Waals surface area contributed by atoms with Crippen molar-refractivity contribution in [3.05, 3.63) is 36.0 Å². The van der Waals surface area contributed by atoms with E-state index < -0.39 is 66.3 Å². The van der Waals surface area contributed by atoms with Crippen molar-refractivity contribution in [2.24, 2.45) is 17.4 Å². The van der Waals surface area contributed by atoms with Crippen LogP contribution in [0.25, 0.3) is 10.9 Å². The Balaban J connectivity index is 2.36. The third-order valence-corrected chi connectivity index (χ3v) is 6.37.